The van der Waals surface area contributed by atoms with Gasteiger partial charge >= 0.3 is 0 Å². The summed E-state index contributed by atoms with van der Waals surface area (Å²) in [4.78, 5) is 12.4. The molecule has 1 aromatic carbocycles. The molecule has 3 nitrogen and oxygen atoms in total. The summed E-state index contributed by atoms with van der Waals surface area (Å²) in [6.45, 7) is 6.70. The molecule has 0 radical (unpaired) electrons. The van der Waals surface area contributed by atoms with E-state index < -0.39 is 11.6 Å². The normalized spacial score (nSPS) is 11.9. The molecule has 0 amide bonds. The number of aryl methyl sites for hydroxylation is 2. The minimum Gasteiger partial charge on any atom is -0.346 e. The van der Waals surface area contributed by atoms with Crippen molar-refractivity contribution in [2.45, 2.75) is 46.5 Å². The molecule has 0 atom stereocenters. The molecule has 0 saturated carbocycles. The first-order chi connectivity index (χ1) is 12.4. The number of thiazole rings is 1. The van der Waals surface area contributed by atoms with E-state index >= 15 is 0 Å². The number of benzene rings is 1. The third kappa shape index (κ3) is 4.55. The van der Waals surface area contributed by atoms with Crippen LogP contribution in [-0.4, -0.2) is 15.0 Å². The first-order valence-electron chi connectivity index (χ1n) is 8.79. The number of hydrogen-bond acceptors (Lipinski definition) is 3. The van der Waals surface area contributed by atoms with E-state index in [0.29, 0.717) is 11.3 Å². The van der Waals surface area contributed by atoms with Gasteiger partial charge in [-0.2, -0.15) is 0 Å². The van der Waals surface area contributed by atoms with Crippen LogP contribution in [0.3, 0.4) is 0 Å². The van der Waals surface area contributed by atoms with E-state index in [0.717, 1.165) is 48.3 Å². The van der Waals surface area contributed by atoms with Gasteiger partial charge in [0.2, 0.25) is 0 Å². The van der Waals surface area contributed by atoms with Gasteiger partial charge in [-0.05, 0) is 30.0 Å². The number of rotatable bonds is 7. The zero-order valence-electron chi connectivity index (χ0n) is 15.3. The highest BCUT2D eigenvalue weighted by Gasteiger charge is 2.17. The summed E-state index contributed by atoms with van der Waals surface area (Å²) in [6.07, 6.45) is 5.55. The number of imidazole rings is 1. The molecular formula is C20H23F2N3S. The van der Waals surface area contributed by atoms with Crippen molar-refractivity contribution >= 4 is 11.3 Å². The van der Waals surface area contributed by atoms with Crippen LogP contribution in [0.2, 0.25) is 0 Å². The highest BCUT2D eigenvalue weighted by molar-refractivity contribution is 7.09. The van der Waals surface area contributed by atoms with E-state index in [2.05, 4.69) is 35.7 Å². The molecule has 6 heteroatoms. The minimum atomic E-state index is -0.852. The van der Waals surface area contributed by atoms with Crippen LogP contribution in [0.15, 0.2) is 29.8 Å². The van der Waals surface area contributed by atoms with Crippen molar-refractivity contribution in [3.05, 3.63) is 57.9 Å². The number of H-pyrrole nitrogens is 1. The summed E-state index contributed by atoms with van der Waals surface area (Å²) in [7, 11) is 0. The number of aromatic nitrogens is 3. The molecule has 2 aromatic heterocycles. The first kappa shape index (κ1) is 18.7. The molecule has 26 heavy (non-hydrogen) atoms. The Balaban J connectivity index is 1.62. The van der Waals surface area contributed by atoms with Gasteiger partial charge in [-0.25, -0.2) is 18.7 Å². The predicted molar refractivity (Wildman–Crippen MR) is 101 cm³/mol. The predicted octanol–water partition coefficient (Wildman–Crippen LogP) is 5.58. The molecule has 0 aliphatic heterocycles. The second-order valence-corrected chi connectivity index (χ2v) is 8.25. The van der Waals surface area contributed by atoms with Crippen molar-refractivity contribution in [2.75, 3.05) is 0 Å². The summed E-state index contributed by atoms with van der Waals surface area (Å²) in [5, 5.41) is 2.83. The van der Waals surface area contributed by atoms with Gasteiger partial charge in [-0.3, -0.25) is 0 Å². The summed E-state index contributed by atoms with van der Waals surface area (Å²) >= 11 is 1.53. The third-order valence-corrected chi connectivity index (χ3v) is 5.56. The highest BCUT2D eigenvalue weighted by atomic mass is 32.1. The number of hydrogen-bond donors (Lipinski definition) is 1. The van der Waals surface area contributed by atoms with E-state index in [-0.39, 0.29) is 5.41 Å². The SMILES string of the molecule is CCC(C)(C)Cc1cnc(CCc2nc(-c3ccc(F)c(F)c3)cs2)[nH]1. The van der Waals surface area contributed by atoms with Crippen LogP contribution in [0.1, 0.15) is 43.7 Å². The maximum Gasteiger partial charge on any atom is 0.159 e. The van der Waals surface area contributed by atoms with Crippen LogP contribution in [0.4, 0.5) is 8.78 Å². The van der Waals surface area contributed by atoms with E-state index in [1.807, 2.05) is 11.6 Å². The van der Waals surface area contributed by atoms with Gasteiger partial charge in [0.1, 0.15) is 5.82 Å². The van der Waals surface area contributed by atoms with Crippen LogP contribution in [0.25, 0.3) is 11.3 Å². The molecule has 0 aliphatic carbocycles. The number of nitrogens with zero attached hydrogens (tertiary/aromatic N) is 2. The van der Waals surface area contributed by atoms with Crippen molar-refractivity contribution in [2.24, 2.45) is 5.41 Å². The molecule has 3 rings (SSSR count). The minimum absolute atomic E-state index is 0.262. The van der Waals surface area contributed by atoms with E-state index in [1.165, 1.54) is 17.4 Å². The molecule has 138 valence electrons. The largest absolute Gasteiger partial charge is 0.346 e. The van der Waals surface area contributed by atoms with Gasteiger partial charge in [-0.15, -0.1) is 11.3 Å². The summed E-state index contributed by atoms with van der Waals surface area (Å²) < 4.78 is 26.4. The van der Waals surface area contributed by atoms with Gasteiger partial charge < -0.3 is 4.98 Å². The Morgan fingerprint density at radius 1 is 1.15 bits per heavy atom. The molecular weight excluding hydrogens is 352 g/mol. The quantitative estimate of drug-likeness (QED) is 0.586. The number of halogens is 2. The Kier molecular flexibility index (Phi) is 5.51. The van der Waals surface area contributed by atoms with Crippen molar-refractivity contribution in [1.29, 1.82) is 0 Å². The van der Waals surface area contributed by atoms with E-state index in [9.17, 15) is 8.78 Å². The van der Waals surface area contributed by atoms with Crippen LogP contribution < -0.4 is 0 Å². The lowest BCUT2D eigenvalue weighted by Crippen LogP contribution is -2.13. The second kappa shape index (κ2) is 7.66. The van der Waals surface area contributed by atoms with Gasteiger partial charge in [0.25, 0.3) is 0 Å². The van der Waals surface area contributed by atoms with Crippen LogP contribution in [-0.2, 0) is 19.3 Å². The molecule has 0 spiro atoms. The fraction of sp³-hybridized carbons (Fsp3) is 0.400. The Hall–Kier alpha value is -2.08. The lowest BCUT2D eigenvalue weighted by atomic mass is 9.85. The lowest BCUT2D eigenvalue weighted by Gasteiger charge is -2.21. The van der Waals surface area contributed by atoms with Gasteiger partial charge in [0.05, 0.1) is 10.7 Å². The Bertz CT molecular complexity index is 883. The average Bonchev–Trinajstić information content (AvgIpc) is 3.24. The smallest absolute Gasteiger partial charge is 0.159 e. The maximum absolute atomic E-state index is 13.4. The summed E-state index contributed by atoms with van der Waals surface area (Å²) in [5.41, 5.74) is 2.69. The lowest BCUT2D eigenvalue weighted by molar-refractivity contribution is 0.346. The van der Waals surface area contributed by atoms with Crippen LogP contribution in [0, 0.1) is 17.0 Å². The van der Waals surface area contributed by atoms with Gasteiger partial charge in [0.15, 0.2) is 11.6 Å². The zero-order valence-corrected chi connectivity index (χ0v) is 16.1. The average molecular weight is 375 g/mol. The molecule has 0 bridgehead atoms. The molecule has 0 aliphatic rings. The molecule has 3 aromatic rings. The fourth-order valence-corrected chi connectivity index (χ4v) is 3.51. The van der Waals surface area contributed by atoms with Crippen molar-refractivity contribution in [1.82, 2.24) is 15.0 Å². The fourth-order valence-electron chi connectivity index (χ4n) is 2.70. The highest BCUT2D eigenvalue weighted by Crippen LogP contribution is 2.26. The van der Waals surface area contributed by atoms with Crippen molar-refractivity contribution in [3.63, 3.8) is 0 Å². The van der Waals surface area contributed by atoms with Crippen molar-refractivity contribution < 1.29 is 8.78 Å². The van der Waals surface area contributed by atoms with Crippen LogP contribution in [0.5, 0.6) is 0 Å². The number of nitrogens with one attached hydrogen (secondary N) is 1. The summed E-state index contributed by atoms with van der Waals surface area (Å²) in [6, 6.07) is 3.86. The number of aromatic amines is 1. The monoisotopic (exact) mass is 375 g/mol. The Labute approximate surface area is 156 Å². The molecule has 0 saturated heterocycles. The van der Waals surface area contributed by atoms with Crippen LogP contribution >= 0.6 is 11.3 Å². The molecule has 0 fully saturated rings. The summed E-state index contributed by atoms with van der Waals surface area (Å²) in [5.74, 6) is -0.740. The Morgan fingerprint density at radius 2 is 1.96 bits per heavy atom. The van der Waals surface area contributed by atoms with Gasteiger partial charge in [-0.1, -0.05) is 27.2 Å². The first-order valence-corrected chi connectivity index (χ1v) is 9.67. The Morgan fingerprint density at radius 3 is 2.69 bits per heavy atom. The maximum atomic E-state index is 13.4. The second-order valence-electron chi connectivity index (χ2n) is 7.31. The molecule has 1 N–H and O–H groups in total. The van der Waals surface area contributed by atoms with Gasteiger partial charge in [0, 0.05) is 35.7 Å². The van der Waals surface area contributed by atoms with Crippen molar-refractivity contribution in [3.8, 4) is 11.3 Å². The topological polar surface area (TPSA) is 41.6 Å². The van der Waals surface area contributed by atoms with E-state index in [1.54, 1.807) is 6.07 Å². The standard InChI is InChI=1S/C20H23F2N3S/c1-4-20(2,3)10-14-11-23-18(24-14)7-8-19-25-17(12-26-19)13-5-6-15(21)16(22)9-13/h5-6,9,11-12H,4,7-8,10H2,1-3H3,(H,23,24). The third-order valence-electron chi connectivity index (χ3n) is 4.65. The molecule has 2 heterocycles. The van der Waals surface area contributed by atoms with E-state index in [4.69, 9.17) is 0 Å². The zero-order chi connectivity index (χ0) is 18.7. The molecule has 0 unspecified atom stereocenters.